The summed E-state index contributed by atoms with van der Waals surface area (Å²) in [7, 11) is 0. The number of nitrogens with zero attached hydrogens (tertiary/aromatic N) is 1. The molecule has 0 aliphatic rings. The van der Waals surface area contributed by atoms with Crippen LogP contribution < -0.4 is 5.32 Å². The molecule has 0 atom stereocenters. The third kappa shape index (κ3) is 4.37. The van der Waals surface area contributed by atoms with Crippen molar-refractivity contribution in [1.82, 2.24) is 15.2 Å². The number of aromatic amines is 1. The Bertz CT molecular complexity index is 257. The van der Waals surface area contributed by atoms with Gasteiger partial charge in [-0.05, 0) is 39.3 Å². The third-order valence-corrected chi connectivity index (χ3v) is 2.86. The van der Waals surface area contributed by atoms with Crippen molar-refractivity contribution in [2.45, 2.75) is 46.3 Å². The van der Waals surface area contributed by atoms with Crippen LogP contribution in [0.5, 0.6) is 0 Å². The first-order valence-electron chi connectivity index (χ1n) is 6.19. The van der Waals surface area contributed by atoms with Crippen molar-refractivity contribution in [3.05, 3.63) is 24.0 Å². The van der Waals surface area contributed by atoms with Gasteiger partial charge in [0.25, 0.3) is 0 Å². The third-order valence-electron chi connectivity index (χ3n) is 2.86. The van der Waals surface area contributed by atoms with Crippen molar-refractivity contribution in [1.29, 1.82) is 0 Å². The smallest absolute Gasteiger partial charge is 0.0220 e. The molecular formula is C13H25N3. The van der Waals surface area contributed by atoms with Crippen LogP contribution in [0.25, 0.3) is 0 Å². The van der Waals surface area contributed by atoms with E-state index in [2.05, 4.69) is 49.0 Å². The Morgan fingerprint density at radius 1 is 1.25 bits per heavy atom. The molecule has 0 spiro atoms. The summed E-state index contributed by atoms with van der Waals surface area (Å²) >= 11 is 0. The molecule has 0 aliphatic heterocycles. The first-order chi connectivity index (χ1) is 7.61. The molecule has 1 aromatic rings. The van der Waals surface area contributed by atoms with Crippen LogP contribution in [0.15, 0.2) is 18.5 Å². The molecule has 0 fully saturated rings. The van der Waals surface area contributed by atoms with E-state index in [0.717, 1.165) is 19.6 Å². The second-order valence-corrected chi connectivity index (χ2v) is 4.82. The quantitative estimate of drug-likeness (QED) is 0.695. The maximum absolute atomic E-state index is 3.47. The molecule has 2 N–H and O–H groups in total. The summed E-state index contributed by atoms with van der Waals surface area (Å²) in [6.07, 6.45) is 4.00. The summed E-state index contributed by atoms with van der Waals surface area (Å²) < 4.78 is 0. The van der Waals surface area contributed by atoms with Gasteiger partial charge in [0, 0.05) is 44.1 Å². The molecule has 1 rings (SSSR count). The van der Waals surface area contributed by atoms with Crippen LogP contribution in [0.1, 0.15) is 33.3 Å². The maximum Gasteiger partial charge on any atom is 0.0220 e. The molecular weight excluding hydrogens is 198 g/mol. The highest BCUT2D eigenvalue weighted by molar-refractivity contribution is 5.07. The molecule has 92 valence electrons. The topological polar surface area (TPSA) is 31.1 Å². The number of rotatable bonds is 7. The lowest BCUT2D eigenvalue weighted by atomic mass is 10.2. The molecule has 0 radical (unpaired) electrons. The highest BCUT2D eigenvalue weighted by Crippen LogP contribution is 2.03. The fraction of sp³-hybridized carbons (Fsp3) is 0.692. The summed E-state index contributed by atoms with van der Waals surface area (Å²) in [4.78, 5) is 5.57. The van der Waals surface area contributed by atoms with E-state index in [9.17, 15) is 0 Å². The van der Waals surface area contributed by atoms with Crippen LogP contribution >= 0.6 is 0 Å². The van der Waals surface area contributed by atoms with Crippen molar-refractivity contribution < 1.29 is 0 Å². The Hall–Kier alpha value is -0.800. The van der Waals surface area contributed by atoms with Crippen LogP contribution in [0.2, 0.25) is 0 Å². The van der Waals surface area contributed by atoms with Crippen molar-refractivity contribution >= 4 is 0 Å². The van der Waals surface area contributed by atoms with E-state index < -0.39 is 0 Å². The van der Waals surface area contributed by atoms with Crippen molar-refractivity contribution in [2.75, 3.05) is 13.1 Å². The molecule has 3 nitrogen and oxygen atoms in total. The molecule has 0 bridgehead atoms. The van der Waals surface area contributed by atoms with Gasteiger partial charge >= 0.3 is 0 Å². The zero-order valence-electron chi connectivity index (χ0n) is 11.0. The molecule has 0 saturated carbocycles. The summed E-state index contributed by atoms with van der Waals surface area (Å²) in [5, 5.41) is 3.47. The van der Waals surface area contributed by atoms with E-state index >= 15 is 0 Å². The van der Waals surface area contributed by atoms with Crippen LogP contribution in [0.4, 0.5) is 0 Å². The van der Waals surface area contributed by atoms with E-state index in [-0.39, 0.29) is 0 Å². The predicted octanol–water partition coefficient (Wildman–Crippen LogP) is 2.22. The Kier molecular flexibility index (Phi) is 5.56. The molecule has 3 heteroatoms. The summed E-state index contributed by atoms with van der Waals surface area (Å²) in [5.74, 6) is 0. The number of aromatic nitrogens is 1. The normalized spacial score (nSPS) is 11.9. The van der Waals surface area contributed by atoms with Crippen LogP contribution in [0, 0.1) is 0 Å². The first-order valence-corrected chi connectivity index (χ1v) is 6.19. The molecule has 1 aromatic heterocycles. The molecule has 0 aliphatic carbocycles. The summed E-state index contributed by atoms with van der Waals surface area (Å²) in [5.41, 5.74) is 1.32. The second-order valence-electron chi connectivity index (χ2n) is 4.82. The minimum absolute atomic E-state index is 0.619. The van der Waals surface area contributed by atoms with Gasteiger partial charge < -0.3 is 10.3 Å². The van der Waals surface area contributed by atoms with Crippen LogP contribution in [-0.2, 0) is 6.54 Å². The average Bonchev–Trinajstić information content (AvgIpc) is 2.68. The van der Waals surface area contributed by atoms with Gasteiger partial charge in [-0.2, -0.15) is 0 Å². The lowest BCUT2D eigenvalue weighted by Crippen LogP contribution is -2.41. The van der Waals surface area contributed by atoms with E-state index in [4.69, 9.17) is 0 Å². The van der Waals surface area contributed by atoms with Gasteiger partial charge in [-0.1, -0.05) is 0 Å². The van der Waals surface area contributed by atoms with Gasteiger partial charge in [-0.25, -0.2) is 0 Å². The van der Waals surface area contributed by atoms with Crippen LogP contribution in [-0.4, -0.2) is 35.1 Å². The predicted molar refractivity (Wildman–Crippen MR) is 69.5 cm³/mol. The zero-order chi connectivity index (χ0) is 12.0. The van der Waals surface area contributed by atoms with Crippen molar-refractivity contribution in [3.8, 4) is 0 Å². The maximum atomic E-state index is 3.47. The fourth-order valence-corrected chi connectivity index (χ4v) is 2.02. The Morgan fingerprint density at radius 2 is 1.94 bits per heavy atom. The van der Waals surface area contributed by atoms with Gasteiger partial charge in [0.05, 0.1) is 0 Å². The minimum Gasteiger partial charge on any atom is -0.367 e. The number of nitrogens with one attached hydrogen (secondary N) is 2. The monoisotopic (exact) mass is 223 g/mol. The molecule has 0 aromatic carbocycles. The standard InChI is InChI=1S/C13H25N3/c1-11(2)16(12(3)4)8-7-15-10-13-5-6-14-9-13/h5-6,9,11-12,14-15H,7-8,10H2,1-4H3. The molecule has 16 heavy (non-hydrogen) atoms. The van der Waals surface area contributed by atoms with E-state index in [0.29, 0.717) is 12.1 Å². The first kappa shape index (κ1) is 13.3. The van der Waals surface area contributed by atoms with Gasteiger partial charge in [0.2, 0.25) is 0 Å². The van der Waals surface area contributed by atoms with Gasteiger partial charge in [-0.15, -0.1) is 0 Å². The Balaban J connectivity index is 2.18. The second kappa shape index (κ2) is 6.71. The van der Waals surface area contributed by atoms with E-state index in [1.54, 1.807) is 0 Å². The highest BCUT2D eigenvalue weighted by atomic mass is 15.2. The van der Waals surface area contributed by atoms with Crippen molar-refractivity contribution in [3.63, 3.8) is 0 Å². The lowest BCUT2D eigenvalue weighted by molar-refractivity contribution is 0.176. The summed E-state index contributed by atoms with van der Waals surface area (Å²) in [6.45, 7) is 12.1. The Labute approximate surface area is 99.2 Å². The molecule has 1 heterocycles. The van der Waals surface area contributed by atoms with Gasteiger partial charge in [0.1, 0.15) is 0 Å². The number of hydrogen-bond acceptors (Lipinski definition) is 2. The average molecular weight is 223 g/mol. The number of hydrogen-bond donors (Lipinski definition) is 2. The summed E-state index contributed by atoms with van der Waals surface area (Å²) in [6, 6.07) is 3.35. The molecule has 0 unspecified atom stereocenters. The fourth-order valence-electron chi connectivity index (χ4n) is 2.02. The van der Waals surface area contributed by atoms with Crippen molar-refractivity contribution in [2.24, 2.45) is 0 Å². The lowest BCUT2D eigenvalue weighted by Gasteiger charge is -2.30. The zero-order valence-corrected chi connectivity index (χ0v) is 11.0. The SMILES string of the molecule is CC(C)N(CCNCc1cc[nH]c1)C(C)C. The molecule has 0 saturated heterocycles. The number of H-pyrrole nitrogens is 1. The highest BCUT2D eigenvalue weighted by Gasteiger charge is 2.11. The van der Waals surface area contributed by atoms with Gasteiger partial charge in [0.15, 0.2) is 0 Å². The molecule has 0 amide bonds. The van der Waals surface area contributed by atoms with E-state index in [1.165, 1.54) is 5.56 Å². The van der Waals surface area contributed by atoms with E-state index in [1.807, 2.05) is 12.4 Å². The van der Waals surface area contributed by atoms with Crippen LogP contribution in [0.3, 0.4) is 0 Å². The van der Waals surface area contributed by atoms with Gasteiger partial charge in [-0.3, -0.25) is 4.90 Å². The Morgan fingerprint density at radius 3 is 2.44 bits per heavy atom. The minimum atomic E-state index is 0.619. The largest absolute Gasteiger partial charge is 0.367 e.